The summed E-state index contributed by atoms with van der Waals surface area (Å²) in [6, 6.07) is 2.11. The highest BCUT2D eigenvalue weighted by Gasteiger charge is 2.23. The first-order valence-electron chi connectivity index (χ1n) is 8.02. The van der Waals surface area contributed by atoms with Gasteiger partial charge in [-0.1, -0.05) is 0 Å². The highest BCUT2D eigenvalue weighted by atomic mass is 16.5. The largest absolute Gasteiger partial charge is 0.385 e. The van der Waals surface area contributed by atoms with Crippen molar-refractivity contribution in [3.63, 3.8) is 0 Å². The van der Waals surface area contributed by atoms with E-state index in [-0.39, 0.29) is 0 Å². The lowest BCUT2D eigenvalue weighted by Gasteiger charge is -2.34. The summed E-state index contributed by atoms with van der Waals surface area (Å²) in [5, 5.41) is 1.10. The van der Waals surface area contributed by atoms with Crippen LogP contribution in [0, 0.1) is 19.8 Å². The van der Waals surface area contributed by atoms with Crippen LogP contribution in [0.2, 0.25) is 0 Å². The second kappa shape index (κ2) is 6.57. The van der Waals surface area contributed by atoms with Crippen molar-refractivity contribution in [2.45, 2.75) is 33.1 Å². The Morgan fingerprint density at radius 2 is 2.18 bits per heavy atom. The molecule has 0 saturated carbocycles. The molecule has 1 saturated heterocycles. The zero-order valence-electron chi connectivity index (χ0n) is 13.7. The maximum atomic E-state index is 5.23. The summed E-state index contributed by atoms with van der Waals surface area (Å²) in [5.41, 5.74) is 3.02. The summed E-state index contributed by atoms with van der Waals surface area (Å²) < 4.78 is 5.23. The molecular formula is C17H24N4O. The molecule has 3 heterocycles. The van der Waals surface area contributed by atoms with Gasteiger partial charge in [0.2, 0.25) is 0 Å². The molecule has 0 aromatic carbocycles. The Morgan fingerprint density at radius 1 is 1.32 bits per heavy atom. The van der Waals surface area contributed by atoms with E-state index in [1.807, 2.05) is 6.92 Å². The molecule has 2 aromatic rings. The van der Waals surface area contributed by atoms with Gasteiger partial charge in [-0.25, -0.2) is 15.0 Å². The van der Waals surface area contributed by atoms with Gasteiger partial charge in [0.15, 0.2) is 5.65 Å². The van der Waals surface area contributed by atoms with Crippen molar-refractivity contribution in [1.82, 2.24) is 15.0 Å². The minimum Gasteiger partial charge on any atom is -0.385 e. The molecule has 0 N–H and O–H groups in total. The van der Waals surface area contributed by atoms with Gasteiger partial charge in [-0.05, 0) is 50.7 Å². The number of hydrogen-bond donors (Lipinski definition) is 0. The van der Waals surface area contributed by atoms with Crippen LogP contribution < -0.4 is 4.90 Å². The number of rotatable bonds is 4. The van der Waals surface area contributed by atoms with Crippen LogP contribution in [0.4, 0.5) is 5.82 Å². The van der Waals surface area contributed by atoms with Crippen molar-refractivity contribution in [2.24, 2.45) is 5.92 Å². The Bertz CT molecular complexity index is 658. The maximum Gasteiger partial charge on any atom is 0.165 e. The second-order valence-electron chi connectivity index (χ2n) is 6.21. The maximum absolute atomic E-state index is 5.23. The van der Waals surface area contributed by atoms with E-state index >= 15 is 0 Å². The molecule has 1 aliphatic heterocycles. The van der Waals surface area contributed by atoms with Gasteiger partial charge in [-0.3, -0.25) is 0 Å². The molecule has 2 aromatic heterocycles. The smallest absolute Gasteiger partial charge is 0.165 e. The summed E-state index contributed by atoms with van der Waals surface area (Å²) >= 11 is 0. The number of hydrogen-bond acceptors (Lipinski definition) is 5. The van der Waals surface area contributed by atoms with Gasteiger partial charge in [0.05, 0.1) is 5.39 Å². The molecule has 0 spiro atoms. The minimum atomic E-state index is 0.678. The van der Waals surface area contributed by atoms with E-state index < -0.39 is 0 Å². The fraction of sp³-hybridized carbons (Fsp3) is 0.588. The predicted molar refractivity (Wildman–Crippen MR) is 88.2 cm³/mol. The second-order valence-corrected chi connectivity index (χ2v) is 6.21. The zero-order chi connectivity index (χ0) is 15.5. The predicted octanol–water partition coefficient (Wildman–Crippen LogP) is 2.89. The SMILES string of the molecule is COCCC1CCCN(c2ncnc3nc(C)cc(C)c23)C1. The van der Waals surface area contributed by atoms with Crippen LogP contribution >= 0.6 is 0 Å². The Hall–Kier alpha value is -1.75. The molecule has 1 unspecified atom stereocenters. The summed E-state index contributed by atoms with van der Waals surface area (Å²) in [6.45, 7) is 7.07. The van der Waals surface area contributed by atoms with Crippen LogP contribution in [-0.4, -0.2) is 41.8 Å². The fourth-order valence-electron chi connectivity index (χ4n) is 3.41. The summed E-state index contributed by atoms with van der Waals surface area (Å²) in [5.74, 6) is 1.72. The molecule has 1 atom stereocenters. The van der Waals surface area contributed by atoms with Crippen molar-refractivity contribution in [1.29, 1.82) is 0 Å². The Labute approximate surface area is 131 Å². The van der Waals surface area contributed by atoms with Crippen molar-refractivity contribution < 1.29 is 4.74 Å². The number of fused-ring (bicyclic) bond motifs is 1. The third-order valence-electron chi connectivity index (χ3n) is 4.46. The molecule has 0 bridgehead atoms. The molecular weight excluding hydrogens is 276 g/mol. The van der Waals surface area contributed by atoms with Crippen LogP contribution in [0.15, 0.2) is 12.4 Å². The van der Waals surface area contributed by atoms with Gasteiger partial charge in [-0.2, -0.15) is 0 Å². The first-order valence-corrected chi connectivity index (χ1v) is 8.02. The van der Waals surface area contributed by atoms with Gasteiger partial charge >= 0.3 is 0 Å². The van der Waals surface area contributed by atoms with Crippen LogP contribution in [0.25, 0.3) is 11.0 Å². The van der Waals surface area contributed by atoms with Crippen molar-refractivity contribution in [2.75, 3.05) is 31.7 Å². The van der Waals surface area contributed by atoms with Crippen molar-refractivity contribution in [3.8, 4) is 0 Å². The number of piperidine rings is 1. The molecule has 5 heteroatoms. The van der Waals surface area contributed by atoms with Crippen LogP contribution in [0.1, 0.15) is 30.5 Å². The normalized spacial score (nSPS) is 18.9. The van der Waals surface area contributed by atoms with E-state index in [2.05, 4.69) is 32.8 Å². The van der Waals surface area contributed by atoms with Gasteiger partial charge in [0.1, 0.15) is 12.1 Å². The highest BCUT2D eigenvalue weighted by molar-refractivity contribution is 5.90. The average Bonchev–Trinajstić information content (AvgIpc) is 2.52. The number of methoxy groups -OCH3 is 1. The number of ether oxygens (including phenoxy) is 1. The number of aromatic nitrogens is 3. The molecule has 1 aliphatic rings. The van der Waals surface area contributed by atoms with E-state index in [0.29, 0.717) is 5.92 Å². The molecule has 0 aliphatic carbocycles. The van der Waals surface area contributed by atoms with E-state index in [1.54, 1.807) is 13.4 Å². The Balaban J connectivity index is 1.92. The standard InChI is InChI=1S/C17H24N4O/c1-12-9-13(2)20-16-15(12)17(19-11-18-16)21-7-4-5-14(10-21)6-8-22-3/h9,11,14H,4-8,10H2,1-3H3. The number of anilines is 1. The summed E-state index contributed by atoms with van der Waals surface area (Å²) in [6.07, 6.45) is 5.24. The molecule has 3 rings (SSSR count). The molecule has 118 valence electrons. The van der Waals surface area contributed by atoms with Gasteiger partial charge < -0.3 is 9.64 Å². The lowest BCUT2D eigenvalue weighted by atomic mass is 9.95. The molecule has 22 heavy (non-hydrogen) atoms. The highest BCUT2D eigenvalue weighted by Crippen LogP contribution is 2.30. The monoisotopic (exact) mass is 300 g/mol. The number of aryl methyl sites for hydroxylation is 2. The molecule has 5 nitrogen and oxygen atoms in total. The molecule has 0 radical (unpaired) electrons. The summed E-state index contributed by atoms with van der Waals surface area (Å²) in [4.78, 5) is 15.9. The lowest BCUT2D eigenvalue weighted by Crippen LogP contribution is -2.36. The topological polar surface area (TPSA) is 51.1 Å². The third kappa shape index (κ3) is 3.04. The molecule has 1 fully saturated rings. The van der Waals surface area contributed by atoms with Crippen LogP contribution in [-0.2, 0) is 4.74 Å². The van der Waals surface area contributed by atoms with E-state index in [0.717, 1.165) is 48.7 Å². The summed E-state index contributed by atoms with van der Waals surface area (Å²) in [7, 11) is 1.77. The minimum absolute atomic E-state index is 0.678. The van der Waals surface area contributed by atoms with E-state index in [9.17, 15) is 0 Å². The zero-order valence-corrected chi connectivity index (χ0v) is 13.7. The third-order valence-corrected chi connectivity index (χ3v) is 4.46. The average molecular weight is 300 g/mol. The number of pyridine rings is 1. The number of nitrogens with zero attached hydrogens (tertiary/aromatic N) is 4. The van der Waals surface area contributed by atoms with E-state index in [4.69, 9.17) is 4.74 Å². The van der Waals surface area contributed by atoms with Crippen molar-refractivity contribution >= 4 is 16.9 Å². The fourth-order valence-corrected chi connectivity index (χ4v) is 3.41. The van der Waals surface area contributed by atoms with Crippen molar-refractivity contribution in [3.05, 3.63) is 23.7 Å². The van der Waals surface area contributed by atoms with E-state index in [1.165, 1.54) is 18.4 Å². The first-order chi connectivity index (χ1) is 10.7. The Morgan fingerprint density at radius 3 is 3.00 bits per heavy atom. The van der Waals surface area contributed by atoms with Gasteiger partial charge in [0.25, 0.3) is 0 Å². The quantitative estimate of drug-likeness (QED) is 0.869. The van der Waals surface area contributed by atoms with Gasteiger partial charge in [-0.15, -0.1) is 0 Å². The van der Waals surface area contributed by atoms with Crippen LogP contribution in [0.5, 0.6) is 0 Å². The molecule has 0 amide bonds. The first kappa shape index (κ1) is 15.2. The van der Waals surface area contributed by atoms with Gasteiger partial charge in [0, 0.05) is 32.5 Å². The lowest BCUT2D eigenvalue weighted by molar-refractivity contribution is 0.172. The van der Waals surface area contributed by atoms with Crippen LogP contribution in [0.3, 0.4) is 0 Å². The Kier molecular flexibility index (Phi) is 4.52.